The maximum absolute atomic E-state index is 5.27. The van der Waals surface area contributed by atoms with Crippen molar-refractivity contribution in [2.45, 2.75) is 6.54 Å². The van der Waals surface area contributed by atoms with Crippen molar-refractivity contribution in [3.05, 3.63) is 54.1 Å². The third-order valence-electron chi connectivity index (χ3n) is 3.98. The van der Waals surface area contributed by atoms with Crippen molar-refractivity contribution in [1.82, 2.24) is 25.3 Å². The summed E-state index contributed by atoms with van der Waals surface area (Å²) in [5, 5.41) is 18.1. The van der Waals surface area contributed by atoms with Crippen molar-refractivity contribution in [2.24, 2.45) is 0 Å². The predicted molar refractivity (Wildman–Crippen MR) is 91.2 cm³/mol. The molecule has 7 heteroatoms. The summed E-state index contributed by atoms with van der Waals surface area (Å²) in [4.78, 5) is 2.06. The number of hydrogen-bond acceptors (Lipinski definition) is 6. The van der Waals surface area contributed by atoms with Crippen molar-refractivity contribution >= 4 is 22.2 Å². The fourth-order valence-electron chi connectivity index (χ4n) is 2.70. The second-order valence-electron chi connectivity index (χ2n) is 5.62. The van der Waals surface area contributed by atoms with E-state index in [4.69, 9.17) is 4.74 Å². The number of ether oxygens (including phenoxy) is 1. The molecule has 7 nitrogen and oxygen atoms in total. The van der Waals surface area contributed by atoms with Crippen molar-refractivity contribution < 1.29 is 4.74 Å². The first-order valence-electron chi connectivity index (χ1n) is 7.56. The lowest BCUT2D eigenvalue weighted by Gasteiger charge is -2.18. The molecule has 2 aromatic heterocycles. The number of nitrogens with zero attached hydrogens (tertiary/aromatic N) is 6. The zero-order chi connectivity index (χ0) is 16.5. The van der Waals surface area contributed by atoms with E-state index in [0.29, 0.717) is 5.65 Å². The van der Waals surface area contributed by atoms with E-state index in [0.717, 1.165) is 23.5 Å². The van der Waals surface area contributed by atoms with Crippen LogP contribution in [0.4, 0.5) is 5.82 Å². The van der Waals surface area contributed by atoms with Gasteiger partial charge in [0.1, 0.15) is 5.75 Å². The van der Waals surface area contributed by atoms with Crippen molar-refractivity contribution in [2.75, 3.05) is 19.1 Å². The largest absolute Gasteiger partial charge is 0.497 e. The number of aromatic nitrogens is 5. The standard InChI is InChI=1S/C17H16N6O/c1-22(17-8-7-16-18-20-21-23(16)19-17)11-12-3-4-14-10-15(24-2)6-5-13(14)9-12/h3-10H,11H2,1-2H3. The van der Waals surface area contributed by atoms with Crippen LogP contribution in [0.25, 0.3) is 16.4 Å². The van der Waals surface area contributed by atoms with Crippen LogP contribution in [0.2, 0.25) is 0 Å². The van der Waals surface area contributed by atoms with Crippen LogP contribution in [0.3, 0.4) is 0 Å². The first kappa shape index (κ1) is 14.4. The van der Waals surface area contributed by atoms with Crippen LogP contribution in [0.5, 0.6) is 5.75 Å². The Kier molecular flexibility index (Phi) is 3.45. The van der Waals surface area contributed by atoms with Gasteiger partial charge in [0.15, 0.2) is 11.5 Å². The zero-order valence-corrected chi connectivity index (χ0v) is 13.4. The molecule has 0 saturated heterocycles. The van der Waals surface area contributed by atoms with Gasteiger partial charge in [-0.05, 0) is 57.1 Å². The monoisotopic (exact) mass is 320 g/mol. The second-order valence-corrected chi connectivity index (χ2v) is 5.62. The molecule has 0 N–H and O–H groups in total. The Labute approximate surface area is 138 Å². The Hall–Kier alpha value is -3.22. The quantitative estimate of drug-likeness (QED) is 0.575. The Morgan fingerprint density at radius 3 is 2.75 bits per heavy atom. The van der Waals surface area contributed by atoms with E-state index >= 15 is 0 Å². The molecule has 0 aliphatic rings. The molecule has 0 atom stereocenters. The summed E-state index contributed by atoms with van der Waals surface area (Å²) in [7, 11) is 3.68. The molecule has 0 amide bonds. The van der Waals surface area contributed by atoms with Crippen LogP contribution < -0.4 is 9.64 Å². The molecule has 0 spiro atoms. The number of benzene rings is 2. The molecule has 2 aromatic carbocycles. The molecule has 0 radical (unpaired) electrons. The van der Waals surface area contributed by atoms with Gasteiger partial charge in [0.25, 0.3) is 0 Å². The van der Waals surface area contributed by atoms with Gasteiger partial charge in [-0.3, -0.25) is 0 Å². The van der Waals surface area contributed by atoms with E-state index < -0.39 is 0 Å². The molecule has 0 aliphatic heterocycles. The van der Waals surface area contributed by atoms with E-state index in [2.05, 4.69) is 49.8 Å². The minimum absolute atomic E-state index is 0.631. The van der Waals surface area contributed by atoms with E-state index in [1.54, 1.807) is 7.11 Å². The fraction of sp³-hybridized carbons (Fsp3) is 0.176. The van der Waals surface area contributed by atoms with Gasteiger partial charge in [-0.1, -0.05) is 18.2 Å². The van der Waals surface area contributed by atoms with Gasteiger partial charge in [0.05, 0.1) is 7.11 Å². The molecule has 4 aromatic rings. The molecule has 0 saturated carbocycles. The average Bonchev–Trinajstić information content (AvgIpc) is 3.09. The van der Waals surface area contributed by atoms with Crippen LogP contribution >= 0.6 is 0 Å². The van der Waals surface area contributed by atoms with Crippen LogP contribution in [-0.2, 0) is 6.54 Å². The summed E-state index contributed by atoms with van der Waals surface area (Å²) in [5.41, 5.74) is 1.83. The molecule has 0 fully saturated rings. The highest BCUT2D eigenvalue weighted by molar-refractivity contribution is 5.84. The molecule has 0 unspecified atom stereocenters. The lowest BCUT2D eigenvalue weighted by Crippen LogP contribution is -2.18. The van der Waals surface area contributed by atoms with Gasteiger partial charge in [0.2, 0.25) is 0 Å². The van der Waals surface area contributed by atoms with E-state index in [9.17, 15) is 0 Å². The van der Waals surface area contributed by atoms with Gasteiger partial charge >= 0.3 is 0 Å². The Morgan fingerprint density at radius 1 is 1.04 bits per heavy atom. The summed E-state index contributed by atoms with van der Waals surface area (Å²) in [6.45, 7) is 0.739. The molecule has 2 heterocycles. The topological polar surface area (TPSA) is 68.4 Å². The highest BCUT2D eigenvalue weighted by atomic mass is 16.5. The molecular formula is C17H16N6O. The summed E-state index contributed by atoms with van der Waals surface area (Å²) in [5.74, 6) is 1.68. The highest BCUT2D eigenvalue weighted by Crippen LogP contribution is 2.23. The third-order valence-corrected chi connectivity index (χ3v) is 3.98. The van der Waals surface area contributed by atoms with Gasteiger partial charge in [-0.25, -0.2) is 0 Å². The summed E-state index contributed by atoms with van der Waals surface area (Å²) < 4.78 is 6.70. The number of tetrazole rings is 1. The first-order chi connectivity index (χ1) is 11.7. The Morgan fingerprint density at radius 2 is 1.88 bits per heavy atom. The normalized spacial score (nSPS) is 11.1. The Bertz CT molecular complexity index is 1010. The SMILES string of the molecule is COc1ccc2cc(CN(C)c3ccc4nnnn4n3)ccc2c1. The lowest BCUT2D eigenvalue weighted by molar-refractivity contribution is 0.415. The number of rotatable bonds is 4. The van der Waals surface area contributed by atoms with Crippen LogP contribution in [0, 0.1) is 0 Å². The van der Waals surface area contributed by atoms with E-state index in [1.165, 1.54) is 15.6 Å². The summed E-state index contributed by atoms with van der Waals surface area (Å²) in [6.07, 6.45) is 0. The average molecular weight is 320 g/mol. The molecule has 24 heavy (non-hydrogen) atoms. The summed E-state index contributed by atoms with van der Waals surface area (Å²) >= 11 is 0. The zero-order valence-electron chi connectivity index (χ0n) is 13.4. The number of hydrogen-bond donors (Lipinski definition) is 0. The number of anilines is 1. The smallest absolute Gasteiger partial charge is 0.200 e. The number of fused-ring (bicyclic) bond motifs is 2. The van der Waals surface area contributed by atoms with E-state index in [1.807, 2.05) is 31.3 Å². The maximum atomic E-state index is 5.27. The van der Waals surface area contributed by atoms with Crippen molar-refractivity contribution in [3.63, 3.8) is 0 Å². The van der Waals surface area contributed by atoms with E-state index in [-0.39, 0.29) is 0 Å². The van der Waals surface area contributed by atoms with Gasteiger partial charge < -0.3 is 9.64 Å². The molecule has 0 aliphatic carbocycles. The number of methoxy groups -OCH3 is 1. The molecular weight excluding hydrogens is 304 g/mol. The first-order valence-corrected chi connectivity index (χ1v) is 7.56. The maximum Gasteiger partial charge on any atom is 0.200 e. The van der Waals surface area contributed by atoms with Gasteiger partial charge in [-0.15, -0.1) is 14.8 Å². The van der Waals surface area contributed by atoms with Crippen LogP contribution in [0.1, 0.15) is 5.56 Å². The predicted octanol–water partition coefficient (Wildman–Crippen LogP) is 2.32. The fourth-order valence-corrected chi connectivity index (χ4v) is 2.70. The van der Waals surface area contributed by atoms with Crippen molar-refractivity contribution in [1.29, 1.82) is 0 Å². The molecule has 120 valence electrons. The van der Waals surface area contributed by atoms with Gasteiger partial charge in [-0.2, -0.15) is 0 Å². The molecule has 4 rings (SSSR count). The summed E-state index contributed by atoms with van der Waals surface area (Å²) in [6, 6.07) is 16.3. The Balaban J connectivity index is 1.60. The third kappa shape index (κ3) is 2.60. The van der Waals surface area contributed by atoms with Crippen LogP contribution in [0.15, 0.2) is 48.5 Å². The lowest BCUT2D eigenvalue weighted by atomic mass is 10.1. The molecule has 0 bridgehead atoms. The highest BCUT2D eigenvalue weighted by Gasteiger charge is 2.07. The minimum Gasteiger partial charge on any atom is -0.497 e. The minimum atomic E-state index is 0.631. The van der Waals surface area contributed by atoms with Gasteiger partial charge in [0, 0.05) is 13.6 Å². The van der Waals surface area contributed by atoms with Crippen molar-refractivity contribution in [3.8, 4) is 5.75 Å². The second kappa shape index (κ2) is 5.77. The van der Waals surface area contributed by atoms with Crippen LogP contribution in [-0.4, -0.2) is 39.4 Å².